The first kappa shape index (κ1) is 38.6. The van der Waals surface area contributed by atoms with E-state index in [1.54, 1.807) is 36.4 Å². The Hall–Kier alpha value is -3.81. The summed E-state index contributed by atoms with van der Waals surface area (Å²) in [5.74, 6) is -0.233. The predicted octanol–water partition coefficient (Wildman–Crippen LogP) is 11.5. The van der Waals surface area contributed by atoms with Gasteiger partial charge in [0.2, 0.25) is 0 Å². The molecule has 0 N–H and O–H groups in total. The maximum Gasteiger partial charge on any atom is 0.425 e. The van der Waals surface area contributed by atoms with Crippen LogP contribution in [0, 0.1) is 0 Å². The third-order valence-electron chi connectivity index (χ3n) is 8.29. The molecule has 1 atom stereocenters. The zero-order chi connectivity index (χ0) is 34.6. The fraction of sp³-hybridized carbons (Fsp3) is 0.500. The van der Waals surface area contributed by atoms with Gasteiger partial charge in [0.25, 0.3) is 0 Å². The lowest BCUT2D eigenvalue weighted by atomic mass is 10.0. The molecule has 0 aliphatic carbocycles. The number of aryl methyl sites for hydroxylation is 1. The monoisotopic (exact) mass is 668 g/mol. The number of alkyl halides is 3. The number of hydrogen-bond acceptors (Lipinski definition) is 5. The number of hydrogen-bond donors (Lipinski definition) is 0. The van der Waals surface area contributed by atoms with E-state index in [2.05, 4.69) is 6.92 Å². The SMILES string of the molecule is CCCCCCCCCCOc1ccc(-c2ccc(C(=O)Oc3ccc(CCC(=O)O[C@H](CCCCCC)C(F)(F)F)cc3)cc2)cc1. The molecule has 0 aliphatic rings. The highest BCUT2D eigenvalue weighted by atomic mass is 19.4. The van der Waals surface area contributed by atoms with Gasteiger partial charge in [0, 0.05) is 6.42 Å². The third kappa shape index (κ3) is 14.5. The Bertz CT molecular complexity index is 1340. The normalized spacial score (nSPS) is 12.0. The van der Waals surface area contributed by atoms with Crippen molar-refractivity contribution in [1.29, 1.82) is 0 Å². The zero-order valence-corrected chi connectivity index (χ0v) is 28.5. The average Bonchev–Trinajstić information content (AvgIpc) is 3.08. The van der Waals surface area contributed by atoms with Gasteiger partial charge in [0.05, 0.1) is 12.2 Å². The van der Waals surface area contributed by atoms with Crippen molar-refractivity contribution >= 4 is 11.9 Å². The van der Waals surface area contributed by atoms with Crippen molar-refractivity contribution in [3.8, 4) is 22.6 Å². The fourth-order valence-electron chi connectivity index (χ4n) is 5.37. The van der Waals surface area contributed by atoms with Crippen molar-refractivity contribution in [3.63, 3.8) is 0 Å². The van der Waals surface area contributed by atoms with Crippen LogP contribution in [-0.4, -0.2) is 30.8 Å². The van der Waals surface area contributed by atoms with Crippen molar-refractivity contribution < 1.29 is 37.0 Å². The molecule has 3 aromatic rings. The molecule has 0 saturated carbocycles. The van der Waals surface area contributed by atoms with Gasteiger partial charge in [-0.25, -0.2) is 4.79 Å². The molecule has 0 radical (unpaired) electrons. The van der Waals surface area contributed by atoms with Crippen LogP contribution in [0.5, 0.6) is 11.5 Å². The molecule has 262 valence electrons. The topological polar surface area (TPSA) is 61.8 Å². The lowest BCUT2D eigenvalue weighted by Crippen LogP contribution is -2.34. The van der Waals surface area contributed by atoms with Gasteiger partial charge in [0.1, 0.15) is 11.5 Å². The van der Waals surface area contributed by atoms with Gasteiger partial charge in [0.15, 0.2) is 6.10 Å². The van der Waals surface area contributed by atoms with Gasteiger partial charge in [-0.3, -0.25) is 4.79 Å². The van der Waals surface area contributed by atoms with E-state index in [-0.39, 0.29) is 19.3 Å². The van der Waals surface area contributed by atoms with Gasteiger partial charge in [-0.05, 0) is 78.8 Å². The van der Waals surface area contributed by atoms with E-state index >= 15 is 0 Å². The van der Waals surface area contributed by atoms with Gasteiger partial charge in [-0.15, -0.1) is 0 Å². The van der Waals surface area contributed by atoms with E-state index in [1.807, 2.05) is 43.3 Å². The van der Waals surface area contributed by atoms with Crippen molar-refractivity contribution in [3.05, 3.63) is 83.9 Å². The largest absolute Gasteiger partial charge is 0.494 e. The minimum Gasteiger partial charge on any atom is -0.494 e. The summed E-state index contributed by atoms with van der Waals surface area (Å²) in [5.41, 5.74) is 3.08. The van der Waals surface area contributed by atoms with Gasteiger partial charge in [-0.2, -0.15) is 13.2 Å². The summed E-state index contributed by atoms with van der Waals surface area (Å²) in [4.78, 5) is 24.9. The Morgan fingerprint density at radius 3 is 1.75 bits per heavy atom. The standard InChI is InChI=1S/C40H51F3O5/c1-3-5-7-9-10-11-12-14-30-46-35-27-23-33(24-28-35)32-19-21-34(22-20-32)39(45)47-36-25-16-31(17-26-36)18-29-38(44)48-37(40(41,42)43)15-13-8-6-4-2/h16-17,19-28,37H,3-15,18,29-30H2,1-2H3/t37-/m1/s1. The molecule has 0 aliphatic heterocycles. The van der Waals surface area contributed by atoms with E-state index in [0.29, 0.717) is 36.3 Å². The summed E-state index contributed by atoms with van der Waals surface area (Å²) in [7, 11) is 0. The van der Waals surface area contributed by atoms with Crippen LogP contribution in [0.15, 0.2) is 72.8 Å². The van der Waals surface area contributed by atoms with Gasteiger partial charge < -0.3 is 14.2 Å². The average molecular weight is 669 g/mol. The van der Waals surface area contributed by atoms with Crippen LogP contribution >= 0.6 is 0 Å². The molecule has 0 amide bonds. The molecule has 0 aromatic heterocycles. The molecule has 48 heavy (non-hydrogen) atoms. The second-order valence-electron chi connectivity index (χ2n) is 12.3. The molecule has 8 heteroatoms. The molecule has 0 bridgehead atoms. The van der Waals surface area contributed by atoms with Crippen LogP contribution in [0.25, 0.3) is 11.1 Å². The van der Waals surface area contributed by atoms with Crippen LogP contribution in [0.1, 0.15) is 120 Å². The van der Waals surface area contributed by atoms with Gasteiger partial charge in [-0.1, -0.05) is 114 Å². The first-order chi connectivity index (χ1) is 23.2. The maximum absolute atomic E-state index is 13.3. The van der Waals surface area contributed by atoms with Crippen molar-refractivity contribution in [2.45, 2.75) is 122 Å². The highest BCUT2D eigenvalue weighted by Crippen LogP contribution is 2.28. The Labute approximate surface area is 284 Å². The van der Waals surface area contributed by atoms with E-state index in [1.165, 1.54) is 44.9 Å². The maximum atomic E-state index is 13.3. The molecule has 3 aromatic carbocycles. The highest BCUT2D eigenvalue weighted by Gasteiger charge is 2.42. The van der Waals surface area contributed by atoms with E-state index in [0.717, 1.165) is 36.1 Å². The summed E-state index contributed by atoms with van der Waals surface area (Å²) in [6.45, 7) is 4.93. The number of ether oxygens (including phenoxy) is 3. The molecule has 5 nitrogen and oxygen atoms in total. The molecular weight excluding hydrogens is 617 g/mol. The lowest BCUT2D eigenvalue weighted by molar-refractivity contribution is -0.222. The Kier molecular flexibility index (Phi) is 17.1. The molecule has 0 heterocycles. The van der Waals surface area contributed by atoms with E-state index in [9.17, 15) is 22.8 Å². The quantitative estimate of drug-likeness (QED) is 0.0606. The second-order valence-corrected chi connectivity index (χ2v) is 12.3. The van der Waals surface area contributed by atoms with Crippen LogP contribution in [0.2, 0.25) is 0 Å². The van der Waals surface area contributed by atoms with Crippen molar-refractivity contribution in [2.24, 2.45) is 0 Å². The first-order valence-corrected chi connectivity index (χ1v) is 17.6. The third-order valence-corrected chi connectivity index (χ3v) is 8.29. The minimum absolute atomic E-state index is 0.178. The first-order valence-electron chi connectivity index (χ1n) is 17.6. The molecular formula is C40H51F3O5. The van der Waals surface area contributed by atoms with Gasteiger partial charge >= 0.3 is 18.1 Å². The van der Waals surface area contributed by atoms with Crippen LogP contribution in [-0.2, 0) is 16.0 Å². The Morgan fingerprint density at radius 2 is 1.17 bits per heavy atom. The minimum atomic E-state index is -4.58. The molecule has 0 saturated heterocycles. The second kappa shape index (κ2) is 21.2. The molecule has 0 fully saturated rings. The Balaban J connectivity index is 1.40. The molecule has 0 spiro atoms. The summed E-state index contributed by atoms with van der Waals surface area (Å²) < 4.78 is 56.1. The van der Waals surface area contributed by atoms with Crippen molar-refractivity contribution in [2.75, 3.05) is 6.61 Å². The smallest absolute Gasteiger partial charge is 0.425 e. The van der Waals surface area contributed by atoms with E-state index in [4.69, 9.17) is 14.2 Å². The number of halogens is 3. The summed E-state index contributed by atoms with van der Waals surface area (Å²) in [5, 5.41) is 0. The van der Waals surface area contributed by atoms with Crippen LogP contribution in [0.3, 0.4) is 0 Å². The lowest BCUT2D eigenvalue weighted by Gasteiger charge is -2.20. The highest BCUT2D eigenvalue weighted by molar-refractivity contribution is 5.91. The van der Waals surface area contributed by atoms with Crippen LogP contribution in [0.4, 0.5) is 13.2 Å². The number of rotatable bonds is 22. The summed E-state index contributed by atoms with van der Waals surface area (Å²) in [6, 6.07) is 21.6. The number of benzene rings is 3. The van der Waals surface area contributed by atoms with E-state index < -0.39 is 24.2 Å². The number of unbranched alkanes of at least 4 members (excludes halogenated alkanes) is 10. The van der Waals surface area contributed by atoms with Crippen molar-refractivity contribution in [1.82, 2.24) is 0 Å². The fourth-order valence-corrected chi connectivity index (χ4v) is 5.37. The number of esters is 2. The summed E-state index contributed by atoms with van der Waals surface area (Å²) >= 11 is 0. The summed E-state index contributed by atoms with van der Waals surface area (Å²) in [6.07, 6.45) is 6.04. The molecule has 0 unspecified atom stereocenters. The number of carbonyl (C=O) groups is 2. The molecule has 3 rings (SSSR count). The van der Waals surface area contributed by atoms with Crippen LogP contribution < -0.4 is 9.47 Å². The zero-order valence-electron chi connectivity index (χ0n) is 28.5. The Morgan fingerprint density at radius 1 is 0.646 bits per heavy atom. The number of carbonyl (C=O) groups excluding carboxylic acids is 2. The predicted molar refractivity (Wildman–Crippen MR) is 184 cm³/mol.